The highest BCUT2D eigenvalue weighted by atomic mass is 35.5. The van der Waals surface area contributed by atoms with Gasteiger partial charge >= 0.3 is 0 Å². The van der Waals surface area contributed by atoms with Gasteiger partial charge in [0.1, 0.15) is 0 Å². The van der Waals surface area contributed by atoms with Crippen LogP contribution in [-0.2, 0) is 5.88 Å². The third kappa shape index (κ3) is 1.45. The Morgan fingerprint density at radius 2 is 2.23 bits per heavy atom. The first-order valence-electron chi connectivity index (χ1n) is 3.95. The Bertz CT molecular complexity index is 445. The molecule has 0 saturated heterocycles. The number of alkyl halides is 1. The van der Waals surface area contributed by atoms with E-state index in [1.165, 1.54) is 15.6 Å². The van der Waals surface area contributed by atoms with Gasteiger partial charge in [-0.3, -0.25) is 0 Å². The van der Waals surface area contributed by atoms with Crippen LogP contribution in [-0.4, -0.2) is 0 Å². The number of aryl methyl sites for hydroxylation is 1. The van der Waals surface area contributed by atoms with E-state index in [1.54, 1.807) is 11.3 Å². The molecule has 3 heteroatoms. The summed E-state index contributed by atoms with van der Waals surface area (Å²) < 4.78 is 1.22. The molecule has 0 aliphatic rings. The van der Waals surface area contributed by atoms with Crippen LogP contribution in [0.25, 0.3) is 10.1 Å². The minimum absolute atomic E-state index is 0.482. The van der Waals surface area contributed by atoms with Crippen molar-refractivity contribution in [3.05, 3.63) is 33.7 Å². The standard InChI is InChI=1S/C10H8Cl2S/c1-6-4-9(12)8(5-11)10-7(6)2-3-13-10/h2-4H,5H2,1H3. The summed E-state index contributed by atoms with van der Waals surface area (Å²) in [6.45, 7) is 2.07. The Labute approximate surface area is 91.1 Å². The Kier molecular flexibility index (Phi) is 2.50. The monoisotopic (exact) mass is 230 g/mol. The van der Waals surface area contributed by atoms with Crippen molar-refractivity contribution >= 4 is 44.6 Å². The third-order valence-corrected chi connectivity index (χ3v) is 3.71. The summed E-state index contributed by atoms with van der Waals surface area (Å²) in [6, 6.07) is 4.09. The molecule has 1 heterocycles. The summed E-state index contributed by atoms with van der Waals surface area (Å²) in [4.78, 5) is 0. The molecule has 2 rings (SSSR count). The van der Waals surface area contributed by atoms with Crippen LogP contribution in [0.4, 0.5) is 0 Å². The van der Waals surface area contributed by atoms with Crippen LogP contribution < -0.4 is 0 Å². The first kappa shape index (κ1) is 9.32. The zero-order valence-corrected chi connectivity index (χ0v) is 9.43. The number of benzene rings is 1. The predicted octanol–water partition coefficient (Wildman–Crippen LogP) is 4.60. The Balaban J connectivity index is 2.88. The van der Waals surface area contributed by atoms with Crippen LogP contribution in [0, 0.1) is 6.92 Å². The Morgan fingerprint density at radius 3 is 2.92 bits per heavy atom. The van der Waals surface area contributed by atoms with Gasteiger partial charge in [0, 0.05) is 15.3 Å². The lowest BCUT2D eigenvalue weighted by Gasteiger charge is -2.04. The highest BCUT2D eigenvalue weighted by Crippen LogP contribution is 2.33. The minimum Gasteiger partial charge on any atom is -0.143 e. The maximum absolute atomic E-state index is 6.09. The van der Waals surface area contributed by atoms with Gasteiger partial charge < -0.3 is 0 Å². The SMILES string of the molecule is Cc1cc(Cl)c(CCl)c2sccc12. The average molecular weight is 231 g/mol. The predicted molar refractivity (Wildman–Crippen MR) is 61.1 cm³/mol. The third-order valence-electron chi connectivity index (χ3n) is 2.13. The van der Waals surface area contributed by atoms with Crippen LogP contribution >= 0.6 is 34.5 Å². The van der Waals surface area contributed by atoms with Crippen molar-refractivity contribution in [3.8, 4) is 0 Å². The largest absolute Gasteiger partial charge is 0.143 e. The lowest BCUT2D eigenvalue weighted by molar-refractivity contribution is 1.43. The molecular weight excluding hydrogens is 223 g/mol. The molecule has 0 radical (unpaired) electrons. The van der Waals surface area contributed by atoms with Crippen molar-refractivity contribution < 1.29 is 0 Å². The number of hydrogen-bond acceptors (Lipinski definition) is 1. The number of fused-ring (bicyclic) bond motifs is 1. The molecule has 2 aromatic rings. The van der Waals surface area contributed by atoms with Crippen LogP contribution in [0.15, 0.2) is 17.5 Å². The molecule has 0 saturated carbocycles. The maximum atomic E-state index is 6.09. The number of rotatable bonds is 1. The van der Waals surface area contributed by atoms with E-state index in [-0.39, 0.29) is 0 Å². The molecule has 0 N–H and O–H groups in total. The fraction of sp³-hybridized carbons (Fsp3) is 0.200. The van der Waals surface area contributed by atoms with E-state index in [9.17, 15) is 0 Å². The van der Waals surface area contributed by atoms with Crippen LogP contribution in [0.3, 0.4) is 0 Å². The fourth-order valence-electron chi connectivity index (χ4n) is 1.44. The molecule has 68 valence electrons. The van der Waals surface area contributed by atoms with Gasteiger partial charge in [-0.1, -0.05) is 11.6 Å². The number of hydrogen-bond donors (Lipinski definition) is 0. The molecule has 0 aliphatic heterocycles. The van der Waals surface area contributed by atoms with E-state index in [0.29, 0.717) is 5.88 Å². The van der Waals surface area contributed by atoms with Crippen LogP contribution in [0.2, 0.25) is 5.02 Å². The Hall–Kier alpha value is -0.240. The zero-order valence-electron chi connectivity index (χ0n) is 7.10. The summed E-state index contributed by atoms with van der Waals surface area (Å²) >= 11 is 13.6. The van der Waals surface area contributed by atoms with Gasteiger partial charge in [-0.2, -0.15) is 0 Å². The van der Waals surface area contributed by atoms with Crippen molar-refractivity contribution in [1.29, 1.82) is 0 Å². The molecule has 0 atom stereocenters. The quantitative estimate of drug-likeness (QED) is 0.629. The fourth-order valence-corrected chi connectivity index (χ4v) is 3.27. The molecular formula is C10H8Cl2S. The van der Waals surface area contributed by atoms with Gasteiger partial charge in [-0.25, -0.2) is 0 Å². The average Bonchev–Trinajstić information content (AvgIpc) is 2.53. The van der Waals surface area contributed by atoms with E-state index in [2.05, 4.69) is 18.4 Å². The van der Waals surface area contributed by atoms with Crippen LogP contribution in [0.5, 0.6) is 0 Å². The summed E-state index contributed by atoms with van der Waals surface area (Å²) in [6.07, 6.45) is 0. The number of halogens is 2. The second-order valence-corrected chi connectivity index (χ2v) is 4.54. The minimum atomic E-state index is 0.482. The first-order valence-corrected chi connectivity index (χ1v) is 5.74. The van der Waals surface area contributed by atoms with E-state index >= 15 is 0 Å². The van der Waals surface area contributed by atoms with Gasteiger partial charge in [0.25, 0.3) is 0 Å². The lowest BCUT2D eigenvalue weighted by atomic mass is 10.1. The van der Waals surface area contributed by atoms with Crippen molar-refractivity contribution in [2.45, 2.75) is 12.8 Å². The van der Waals surface area contributed by atoms with Crippen molar-refractivity contribution in [2.24, 2.45) is 0 Å². The zero-order chi connectivity index (χ0) is 9.42. The topological polar surface area (TPSA) is 0 Å². The molecule has 13 heavy (non-hydrogen) atoms. The molecule has 1 aromatic heterocycles. The van der Waals surface area contributed by atoms with Crippen molar-refractivity contribution in [2.75, 3.05) is 0 Å². The molecule has 0 nitrogen and oxygen atoms in total. The molecule has 0 amide bonds. The highest BCUT2D eigenvalue weighted by molar-refractivity contribution is 7.17. The smallest absolute Gasteiger partial charge is 0.0503 e. The van der Waals surface area contributed by atoms with Gasteiger partial charge in [-0.15, -0.1) is 22.9 Å². The van der Waals surface area contributed by atoms with E-state index in [1.807, 2.05) is 6.07 Å². The van der Waals surface area contributed by atoms with Gasteiger partial charge in [0.2, 0.25) is 0 Å². The molecule has 1 aromatic carbocycles. The molecule has 0 spiro atoms. The molecule has 0 fully saturated rings. The summed E-state index contributed by atoms with van der Waals surface area (Å²) in [5.74, 6) is 0.482. The second-order valence-electron chi connectivity index (χ2n) is 2.95. The summed E-state index contributed by atoms with van der Waals surface area (Å²) in [7, 11) is 0. The normalized spacial score (nSPS) is 11.0. The Morgan fingerprint density at radius 1 is 1.46 bits per heavy atom. The van der Waals surface area contributed by atoms with E-state index < -0.39 is 0 Å². The van der Waals surface area contributed by atoms with Gasteiger partial charge in [0.15, 0.2) is 0 Å². The van der Waals surface area contributed by atoms with Crippen LogP contribution in [0.1, 0.15) is 11.1 Å². The van der Waals surface area contributed by atoms with E-state index in [4.69, 9.17) is 23.2 Å². The van der Waals surface area contributed by atoms with Crippen molar-refractivity contribution in [1.82, 2.24) is 0 Å². The van der Waals surface area contributed by atoms with E-state index in [0.717, 1.165) is 10.6 Å². The first-order chi connectivity index (χ1) is 6.24. The van der Waals surface area contributed by atoms with Gasteiger partial charge in [0.05, 0.1) is 5.88 Å². The maximum Gasteiger partial charge on any atom is 0.0503 e. The number of thiophene rings is 1. The molecule has 0 unspecified atom stereocenters. The summed E-state index contributed by atoms with van der Waals surface area (Å²) in [5, 5.41) is 4.12. The van der Waals surface area contributed by atoms with Crippen molar-refractivity contribution in [3.63, 3.8) is 0 Å². The van der Waals surface area contributed by atoms with Gasteiger partial charge in [-0.05, 0) is 35.4 Å². The second kappa shape index (κ2) is 3.49. The summed E-state index contributed by atoms with van der Waals surface area (Å²) in [5.41, 5.74) is 2.27. The molecule has 0 bridgehead atoms. The molecule has 0 aliphatic carbocycles. The highest BCUT2D eigenvalue weighted by Gasteiger charge is 2.08. The lowest BCUT2D eigenvalue weighted by Crippen LogP contribution is -1.83.